The highest BCUT2D eigenvalue weighted by Gasteiger charge is 2.37. The van der Waals surface area contributed by atoms with E-state index in [0.717, 1.165) is 5.69 Å². The molecule has 3 aromatic rings. The molecule has 0 fully saturated rings. The maximum Gasteiger partial charge on any atom is 0.485 e. The average molecular weight is 552 g/mol. The molecule has 0 aromatic heterocycles. The van der Waals surface area contributed by atoms with E-state index in [1.54, 1.807) is 34.0 Å². The molecule has 1 heterocycles. The molecule has 1 aliphatic heterocycles. The Morgan fingerprint density at radius 2 is 1.32 bits per heavy atom. The minimum absolute atomic E-state index is 0.0139. The van der Waals surface area contributed by atoms with Gasteiger partial charge in [0.05, 0.1) is 15.5 Å². The van der Waals surface area contributed by atoms with Gasteiger partial charge in [0.1, 0.15) is 0 Å². The molecule has 3 aromatic carbocycles. The van der Waals surface area contributed by atoms with Crippen LogP contribution in [0.4, 0.5) is 35.9 Å². The Kier molecular flexibility index (Phi) is 8.12. The number of alkyl halides is 3. The zero-order chi connectivity index (χ0) is 28.1. The van der Waals surface area contributed by atoms with Crippen LogP contribution < -0.4 is 5.01 Å². The third-order valence-electron chi connectivity index (χ3n) is 4.73. The first-order chi connectivity index (χ1) is 17.8. The predicted octanol–water partition coefficient (Wildman–Crippen LogP) is 4.49. The van der Waals surface area contributed by atoms with E-state index in [2.05, 4.69) is 10.2 Å². The van der Waals surface area contributed by atoms with Gasteiger partial charge >= 0.3 is 5.51 Å². The maximum atomic E-state index is 10.9. The summed E-state index contributed by atoms with van der Waals surface area (Å²) in [6.07, 6.45) is 0. The van der Waals surface area contributed by atoms with Crippen LogP contribution in [0.2, 0.25) is 0 Å². The number of azo groups is 2. The molecule has 0 saturated heterocycles. The summed E-state index contributed by atoms with van der Waals surface area (Å²) in [4.78, 5) is 20.9. The van der Waals surface area contributed by atoms with Gasteiger partial charge in [-0.15, -0.1) is 5.10 Å². The number of nitrogens with zero attached hydrogens (tertiary/aromatic N) is 6. The highest BCUT2D eigenvalue weighted by atomic mass is 32.2. The average Bonchev–Trinajstić information content (AvgIpc) is 2.88. The standard InChI is InChI=1S/C20H15N6O4.CHF3O3S/c27-25(28)18-8-6-15(7-9-18)20-21-23(16-4-2-1-3-5-16)14-24(22-20)17-10-12-19(13-11-17)26(29)30;2-1(3,4)8(5,6)7/h1-13H,14H2;(H,5,6,7)/q+1;/p-1. The number of hydrogen-bond donors (Lipinski definition) is 0. The fourth-order valence-corrected chi connectivity index (χ4v) is 2.91. The first kappa shape index (κ1) is 27.8. The van der Waals surface area contributed by atoms with Crippen LogP contribution in [0, 0.1) is 20.2 Å². The summed E-state index contributed by atoms with van der Waals surface area (Å²) >= 11 is 0. The lowest BCUT2D eigenvalue weighted by atomic mass is 10.2. The van der Waals surface area contributed by atoms with Crippen molar-refractivity contribution in [3.63, 3.8) is 0 Å². The number of anilines is 1. The van der Waals surface area contributed by atoms with E-state index in [1.165, 1.54) is 24.3 Å². The molecule has 0 atom stereocenters. The Morgan fingerprint density at radius 1 is 0.842 bits per heavy atom. The molecule has 0 unspecified atom stereocenters. The number of non-ortho nitro benzene ring substituents is 2. The van der Waals surface area contributed by atoms with Crippen LogP contribution in [0.1, 0.15) is 5.56 Å². The summed E-state index contributed by atoms with van der Waals surface area (Å²) in [5, 5.41) is 32.7. The zero-order valence-corrected chi connectivity index (χ0v) is 19.6. The summed E-state index contributed by atoms with van der Waals surface area (Å²) in [5.74, 6) is 0.360. The van der Waals surface area contributed by atoms with Gasteiger partial charge in [0, 0.05) is 47.1 Å². The van der Waals surface area contributed by atoms with Gasteiger partial charge in [-0.2, -0.15) is 13.2 Å². The predicted molar refractivity (Wildman–Crippen MR) is 125 cm³/mol. The van der Waals surface area contributed by atoms with E-state index in [1.807, 2.05) is 30.3 Å². The van der Waals surface area contributed by atoms with Crippen molar-refractivity contribution in [1.82, 2.24) is 0 Å². The SMILES string of the molecule is O=S(=O)([O-])C(F)(F)F.O=[N+]([O-])c1ccc(C2=NN(c3ccccc3)C[N+](c3ccc([N+](=O)[O-])cc3)=N2)cc1. The number of halogens is 3. The van der Waals surface area contributed by atoms with Crippen LogP contribution in [0.3, 0.4) is 0 Å². The summed E-state index contributed by atoms with van der Waals surface area (Å²) in [6.45, 7) is 0.290. The maximum absolute atomic E-state index is 10.9. The number of benzene rings is 3. The molecule has 0 bridgehead atoms. The summed E-state index contributed by atoms with van der Waals surface area (Å²) in [6, 6.07) is 21.5. The molecule has 0 aliphatic carbocycles. The third-order valence-corrected chi connectivity index (χ3v) is 5.30. The van der Waals surface area contributed by atoms with Crippen LogP contribution >= 0.6 is 0 Å². The smallest absolute Gasteiger partial charge is 0.485 e. The van der Waals surface area contributed by atoms with Crippen molar-refractivity contribution in [2.24, 2.45) is 10.2 Å². The Morgan fingerprint density at radius 3 is 1.76 bits per heavy atom. The molecular weight excluding hydrogens is 537 g/mol. The molecule has 198 valence electrons. The van der Waals surface area contributed by atoms with Crippen LogP contribution in [0.25, 0.3) is 0 Å². The third kappa shape index (κ3) is 6.92. The van der Waals surface area contributed by atoms with E-state index in [4.69, 9.17) is 13.0 Å². The minimum atomic E-state index is -6.09. The number of rotatable bonds is 5. The van der Waals surface area contributed by atoms with Crippen molar-refractivity contribution in [2.75, 3.05) is 11.7 Å². The Bertz CT molecular complexity index is 1500. The zero-order valence-electron chi connectivity index (χ0n) is 18.8. The first-order valence-electron chi connectivity index (χ1n) is 10.2. The van der Waals surface area contributed by atoms with E-state index in [-0.39, 0.29) is 18.0 Å². The second kappa shape index (κ2) is 11.1. The fourth-order valence-electron chi connectivity index (χ4n) is 2.91. The number of nitro groups is 2. The van der Waals surface area contributed by atoms with Crippen molar-refractivity contribution in [2.45, 2.75) is 5.51 Å². The summed E-state index contributed by atoms with van der Waals surface area (Å²) < 4.78 is 60.6. The van der Waals surface area contributed by atoms with Crippen molar-refractivity contribution in [3.05, 3.63) is 105 Å². The molecule has 0 spiro atoms. The van der Waals surface area contributed by atoms with Gasteiger partial charge in [-0.05, 0) is 24.3 Å². The van der Waals surface area contributed by atoms with Crippen molar-refractivity contribution in [3.8, 4) is 0 Å². The van der Waals surface area contributed by atoms with Crippen molar-refractivity contribution < 1.29 is 40.7 Å². The second-order valence-corrected chi connectivity index (χ2v) is 8.65. The Balaban J connectivity index is 0.000000436. The number of para-hydroxylation sites is 1. The highest BCUT2D eigenvalue weighted by molar-refractivity contribution is 7.86. The van der Waals surface area contributed by atoms with Gasteiger partial charge in [-0.25, -0.2) is 13.4 Å². The van der Waals surface area contributed by atoms with Crippen LogP contribution in [-0.4, -0.2) is 45.5 Å². The fraction of sp³-hybridized carbons (Fsp3) is 0.0952. The lowest BCUT2D eigenvalue weighted by Gasteiger charge is -2.20. The first-order valence-corrected chi connectivity index (χ1v) is 11.6. The highest BCUT2D eigenvalue weighted by Crippen LogP contribution is 2.25. The normalized spacial score (nSPS) is 13.5. The van der Waals surface area contributed by atoms with E-state index in [9.17, 15) is 33.4 Å². The molecule has 17 heteroatoms. The number of hydrazone groups is 1. The van der Waals surface area contributed by atoms with E-state index < -0.39 is 25.5 Å². The van der Waals surface area contributed by atoms with Crippen LogP contribution in [0.5, 0.6) is 0 Å². The Labute approximate surface area is 211 Å². The molecular formula is C21H15F3N6O7S. The molecule has 13 nitrogen and oxygen atoms in total. The summed E-state index contributed by atoms with van der Waals surface area (Å²) in [7, 11) is -6.09. The van der Waals surface area contributed by atoms with E-state index >= 15 is 0 Å². The molecule has 38 heavy (non-hydrogen) atoms. The van der Waals surface area contributed by atoms with Gasteiger partial charge in [-0.1, -0.05) is 22.9 Å². The van der Waals surface area contributed by atoms with Gasteiger partial charge in [0.15, 0.2) is 10.1 Å². The molecule has 0 saturated carbocycles. The van der Waals surface area contributed by atoms with Crippen molar-refractivity contribution in [1.29, 1.82) is 0 Å². The number of amidine groups is 1. The van der Waals surface area contributed by atoms with Gasteiger partial charge in [0.25, 0.3) is 18.0 Å². The molecule has 1 aliphatic rings. The van der Waals surface area contributed by atoms with Crippen molar-refractivity contribution >= 4 is 38.7 Å². The molecule has 4 rings (SSSR count). The van der Waals surface area contributed by atoms with Crippen LogP contribution in [-0.2, 0) is 10.1 Å². The Hall–Kier alpha value is -4.77. The van der Waals surface area contributed by atoms with Gasteiger partial charge < -0.3 is 4.55 Å². The van der Waals surface area contributed by atoms with Crippen LogP contribution in [0.15, 0.2) is 89.1 Å². The van der Waals surface area contributed by atoms with Gasteiger partial charge in [-0.3, -0.25) is 20.2 Å². The quantitative estimate of drug-likeness (QED) is 0.146. The second-order valence-electron chi connectivity index (χ2n) is 7.28. The number of nitro benzene ring substituents is 2. The van der Waals surface area contributed by atoms with Gasteiger partial charge in [0.2, 0.25) is 11.5 Å². The molecule has 0 radical (unpaired) electrons. The largest absolute Gasteiger partial charge is 0.741 e. The minimum Gasteiger partial charge on any atom is -0.741 e. The lowest BCUT2D eigenvalue weighted by Crippen LogP contribution is -2.31. The summed E-state index contributed by atoms with van der Waals surface area (Å²) in [5.41, 5.74) is -3.60. The monoisotopic (exact) mass is 552 g/mol. The number of hydrogen-bond acceptors (Lipinski definition) is 10. The molecule has 0 amide bonds. The van der Waals surface area contributed by atoms with E-state index in [0.29, 0.717) is 17.1 Å². The topological polar surface area (TPSA) is 174 Å². The molecule has 0 N–H and O–H groups in total. The lowest BCUT2D eigenvalue weighted by molar-refractivity contribution is -0.508.